The molecule has 0 atom stereocenters. The summed E-state index contributed by atoms with van der Waals surface area (Å²) in [7, 11) is -4.33. The van der Waals surface area contributed by atoms with Gasteiger partial charge in [-0.1, -0.05) is 36.4 Å². The summed E-state index contributed by atoms with van der Waals surface area (Å²) in [5, 5.41) is 0.0767. The fourth-order valence-electron chi connectivity index (χ4n) is 3.39. The summed E-state index contributed by atoms with van der Waals surface area (Å²) in [5.41, 5.74) is 4.76. The molecule has 2 aromatic heterocycles. The van der Waals surface area contributed by atoms with Gasteiger partial charge in [-0.05, 0) is 34.9 Å². The summed E-state index contributed by atoms with van der Waals surface area (Å²) in [6.07, 6.45) is 7.94. The third kappa shape index (κ3) is 4.33. The van der Waals surface area contributed by atoms with Crippen molar-refractivity contribution in [3.8, 4) is 16.8 Å². The van der Waals surface area contributed by atoms with E-state index < -0.39 is 7.60 Å². The maximum atomic E-state index is 11.9. The van der Waals surface area contributed by atoms with E-state index in [1.807, 2.05) is 65.5 Å². The van der Waals surface area contributed by atoms with Gasteiger partial charge in [-0.2, -0.15) is 4.57 Å². The van der Waals surface area contributed by atoms with Crippen molar-refractivity contribution in [1.82, 2.24) is 4.98 Å². The van der Waals surface area contributed by atoms with E-state index in [9.17, 15) is 14.4 Å². The first-order chi connectivity index (χ1) is 14.0. The van der Waals surface area contributed by atoms with Crippen molar-refractivity contribution >= 4 is 12.9 Å². The first kappa shape index (κ1) is 19.2. The molecule has 0 saturated heterocycles. The van der Waals surface area contributed by atoms with Crippen molar-refractivity contribution in [2.45, 2.75) is 6.42 Å². The van der Waals surface area contributed by atoms with Gasteiger partial charge < -0.3 is 9.79 Å². The summed E-state index contributed by atoms with van der Waals surface area (Å²) in [6, 6.07) is 22.6. The van der Waals surface area contributed by atoms with Crippen LogP contribution in [0.5, 0.6) is 0 Å². The number of rotatable bonds is 5. The Bertz CT molecular complexity index is 1170. The highest BCUT2D eigenvalue weighted by Gasteiger charge is 2.22. The molecule has 6 heteroatoms. The van der Waals surface area contributed by atoms with Gasteiger partial charge in [-0.15, -0.1) is 0 Å². The van der Waals surface area contributed by atoms with E-state index in [4.69, 9.17) is 0 Å². The van der Waals surface area contributed by atoms with Crippen LogP contribution in [0.25, 0.3) is 16.8 Å². The normalized spacial score (nSPS) is 11.4. The minimum atomic E-state index is -4.33. The lowest BCUT2D eigenvalue weighted by Gasteiger charge is -2.11. The molecule has 2 N–H and O–H groups in total. The number of benzene rings is 2. The molecule has 4 rings (SSSR count). The molecule has 0 aliphatic heterocycles. The van der Waals surface area contributed by atoms with Crippen LogP contribution >= 0.6 is 7.60 Å². The van der Waals surface area contributed by atoms with Gasteiger partial charge in [0.2, 0.25) is 5.69 Å². The molecule has 0 fully saturated rings. The van der Waals surface area contributed by atoms with Gasteiger partial charge in [-0.25, -0.2) is 0 Å². The molecule has 0 bridgehead atoms. The van der Waals surface area contributed by atoms with Crippen LogP contribution in [-0.4, -0.2) is 14.8 Å². The number of hydrogen-bond donors (Lipinski definition) is 2. The van der Waals surface area contributed by atoms with Crippen LogP contribution in [0.3, 0.4) is 0 Å². The molecule has 0 aliphatic rings. The summed E-state index contributed by atoms with van der Waals surface area (Å²) < 4.78 is 13.9. The minimum Gasteiger partial charge on any atom is -0.321 e. The molecule has 144 valence electrons. The Morgan fingerprint density at radius 3 is 2.03 bits per heavy atom. The highest BCUT2D eigenvalue weighted by Crippen LogP contribution is 2.35. The second-order valence-electron chi connectivity index (χ2n) is 6.71. The van der Waals surface area contributed by atoms with Crippen molar-refractivity contribution in [3.63, 3.8) is 0 Å². The average Bonchev–Trinajstić information content (AvgIpc) is 2.75. The van der Waals surface area contributed by atoms with E-state index in [1.165, 1.54) is 6.07 Å². The Kier molecular flexibility index (Phi) is 5.36. The zero-order chi connectivity index (χ0) is 20.3. The van der Waals surface area contributed by atoms with Crippen LogP contribution in [0.15, 0.2) is 97.6 Å². The maximum Gasteiger partial charge on any atom is 0.356 e. The van der Waals surface area contributed by atoms with Crippen LogP contribution in [0.4, 0.5) is 0 Å². The molecule has 4 aromatic rings. The number of aromatic nitrogens is 2. The Labute approximate surface area is 169 Å². The molecule has 0 aliphatic carbocycles. The predicted octanol–water partition coefficient (Wildman–Crippen LogP) is 3.42. The van der Waals surface area contributed by atoms with Crippen LogP contribution in [0.2, 0.25) is 0 Å². The topological polar surface area (TPSA) is 74.3 Å². The Hall–Kier alpha value is -3.11. The van der Waals surface area contributed by atoms with E-state index in [0.717, 1.165) is 22.4 Å². The second kappa shape index (κ2) is 8.10. The average molecular weight is 403 g/mol. The fraction of sp³-hybridized carbons (Fsp3) is 0.0435. The highest BCUT2D eigenvalue weighted by atomic mass is 31.2. The van der Waals surface area contributed by atoms with Crippen LogP contribution in [0.1, 0.15) is 11.1 Å². The van der Waals surface area contributed by atoms with Gasteiger partial charge >= 0.3 is 7.60 Å². The maximum absolute atomic E-state index is 11.9. The molecule has 0 amide bonds. The Morgan fingerprint density at radius 1 is 0.759 bits per heavy atom. The smallest absolute Gasteiger partial charge is 0.321 e. The molecule has 0 spiro atoms. The largest absolute Gasteiger partial charge is 0.356 e. The van der Waals surface area contributed by atoms with Crippen molar-refractivity contribution in [2.24, 2.45) is 0 Å². The zero-order valence-corrected chi connectivity index (χ0v) is 16.5. The fourth-order valence-corrected chi connectivity index (χ4v) is 4.19. The van der Waals surface area contributed by atoms with Gasteiger partial charge in [-0.3, -0.25) is 9.55 Å². The van der Waals surface area contributed by atoms with E-state index in [1.54, 1.807) is 30.6 Å². The predicted molar refractivity (Wildman–Crippen MR) is 112 cm³/mol. The van der Waals surface area contributed by atoms with Crippen molar-refractivity contribution in [2.75, 3.05) is 0 Å². The minimum absolute atomic E-state index is 0.0767. The van der Waals surface area contributed by atoms with Gasteiger partial charge in [0.05, 0.1) is 5.30 Å². The van der Waals surface area contributed by atoms with Gasteiger partial charge in [0.15, 0.2) is 12.4 Å². The van der Waals surface area contributed by atoms with E-state index in [0.29, 0.717) is 12.0 Å². The molecule has 29 heavy (non-hydrogen) atoms. The molecule has 0 unspecified atom stereocenters. The molecular weight excluding hydrogens is 383 g/mol. The third-order valence-electron chi connectivity index (χ3n) is 4.80. The summed E-state index contributed by atoms with van der Waals surface area (Å²) in [6.45, 7) is 0. The highest BCUT2D eigenvalue weighted by molar-refractivity contribution is 7.60. The third-order valence-corrected chi connectivity index (χ3v) is 5.86. The van der Waals surface area contributed by atoms with Crippen LogP contribution < -0.4 is 9.87 Å². The monoisotopic (exact) mass is 403 g/mol. The number of nitrogens with zero attached hydrogens (tertiary/aromatic N) is 2. The second-order valence-corrected chi connectivity index (χ2v) is 8.28. The van der Waals surface area contributed by atoms with Gasteiger partial charge in [0.1, 0.15) is 0 Å². The summed E-state index contributed by atoms with van der Waals surface area (Å²) in [5.74, 6) is 0. The number of pyridine rings is 2. The molecule has 2 aromatic carbocycles. The van der Waals surface area contributed by atoms with Gasteiger partial charge in [0.25, 0.3) is 0 Å². The summed E-state index contributed by atoms with van der Waals surface area (Å²) >= 11 is 0. The lowest BCUT2D eigenvalue weighted by molar-refractivity contribution is -0.596. The van der Waals surface area contributed by atoms with Crippen molar-refractivity contribution < 1.29 is 18.9 Å². The zero-order valence-electron chi connectivity index (χ0n) is 15.6. The molecule has 2 heterocycles. The molecule has 0 radical (unpaired) electrons. The molecular formula is C23H20N2O3P+. The van der Waals surface area contributed by atoms with Crippen molar-refractivity contribution in [3.05, 3.63) is 109 Å². The quantitative estimate of drug-likeness (QED) is 0.396. The van der Waals surface area contributed by atoms with E-state index >= 15 is 0 Å². The van der Waals surface area contributed by atoms with E-state index in [2.05, 4.69) is 4.98 Å². The number of para-hydroxylation sites is 1. The van der Waals surface area contributed by atoms with Crippen LogP contribution in [0, 0.1) is 0 Å². The Balaban J connectivity index is 1.69. The SMILES string of the molecule is O=P(O)(O)c1ccccc1Cc1ccccc1-[n+]1ccc(-c2ccncc2)cc1. The standard InChI is InChI=1S/C23H19N2O3P/c26-29(27,28)23-8-4-2-6-21(23)17-20-5-1-3-7-22(20)25-15-11-19(12-16-25)18-9-13-24-14-10-18/h1-16H,17H2,(H-,26,27,28)/p+1. The first-order valence-corrected chi connectivity index (χ1v) is 10.8. The Morgan fingerprint density at radius 2 is 1.34 bits per heavy atom. The van der Waals surface area contributed by atoms with Crippen molar-refractivity contribution in [1.29, 1.82) is 0 Å². The van der Waals surface area contributed by atoms with Gasteiger partial charge in [0, 0.05) is 42.6 Å². The lowest BCUT2D eigenvalue weighted by Crippen LogP contribution is -2.31. The molecule has 0 saturated carbocycles. The summed E-state index contributed by atoms with van der Waals surface area (Å²) in [4.78, 5) is 23.4. The van der Waals surface area contributed by atoms with E-state index in [-0.39, 0.29) is 5.30 Å². The number of hydrogen-bond acceptors (Lipinski definition) is 2. The first-order valence-electron chi connectivity index (χ1n) is 9.16. The van der Waals surface area contributed by atoms with Crippen LogP contribution in [-0.2, 0) is 11.0 Å². The lowest BCUT2D eigenvalue weighted by atomic mass is 10.0. The molecule has 5 nitrogen and oxygen atoms in total.